The van der Waals surface area contributed by atoms with Gasteiger partial charge in [0.1, 0.15) is 5.60 Å². The van der Waals surface area contributed by atoms with Gasteiger partial charge in [0.05, 0.1) is 0 Å². The zero-order valence-corrected chi connectivity index (χ0v) is 13.4. The Bertz CT molecular complexity index is 494. The van der Waals surface area contributed by atoms with E-state index < -0.39 is 11.7 Å². The van der Waals surface area contributed by atoms with Gasteiger partial charge in [-0.2, -0.15) is 0 Å². The summed E-state index contributed by atoms with van der Waals surface area (Å²) in [6.45, 7) is 7.85. The fraction of sp³-hybridized carbons (Fsp3) is 0.588. The van der Waals surface area contributed by atoms with Gasteiger partial charge in [0.15, 0.2) is 0 Å². The number of amides is 1. The molecule has 2 N–H and O–H groups in total. The summed E-state index contributed by atoms with van der Waals surface area (Å²) in [6.07, 6.45) is 3.29. The van der Waals surface area contributed by atoms with Gasteiger partial charge in [0.25, 0.3) is 0 Å². The fourth-order valence-corrected chi connectivity index (χ4v) is 2.68. The Labute approximate surface area is 127 Å². The number of rotatable bonds is 3. The first-order valence-electron chi connectivity index (χ1n) is 7.68. The maximum atomic E-state index is 11.8. The third kappa shape index (κ3) is 5.29. The molecule has 1 aliphatic rings. The van der Waals surface area contributed by atoms with E-state index in [2.05, 4.69) is 17.6 Å². The molecular weight excluding hydrogens is 264 g/mol. The second kappa shape index (κ2) is 6.37. The zero-order chi connectivity index (χ0) is 15.5. The van der Waals surface area contributed by atoms with Crippen molar-refractivity contribution in [3.63, 3.8) is 0 Å². The van der Waals surface area contributed by atoms with E-state index in [1.807, 2.05) is 45.0 Å². The van der Waals surface area contributed by atoms with Gasteiger partial charge >= 0.3 is 6.09 Å². The standard InChI is InChI=1S/C17H26N2O2/c1-12-8-9-15(10-12)18-13-6-5-7-14(11-13)19-16(20)21-17(2,3)4/h5-7,11-12,15,18H,8-10H2,1-4H3,(H,19,20). The number of ether oxygens (including phenoxy) is 1. The van der Waals surface area contributed by atoms with Crippen LogP contribution in [0.1, 0.15) is 47.0 Å². The Hall–Kier alpha value is -1.71. The van der Waals surface area contributed by atoms with E-state index in [9.17, 15) is 4.79 Å². The average molecular weight is 290 g/mol. The van der Waals surface area contributed by atoms with E-state index in [0.717, 1.165) is 17.3 Å². The summed E-state index contributed by atoms with van der Waals surface area (Å²) in [5.74, 6) is 0.797. The smallest absolute Gasteiger partial charge is 0.412 e. The lowest BCUT2D eigenvalue weighted by Crippen LogP contribution is -2.27. The van der Waals surface area contributed by atoms with Crippen LogP contribution >= 0.6 is 0 Å². The fourth-order valence-electron chi connectivity index (χ4n) is 2.68. The largest absolute Gasteiger partial charge is 0.444 e. The van der Waals surface area contributed by atoms with Gasteiger partial charge in [-0.1, -0.05) is 13.0 Å². The van der Waals surface area contributed by atoms with Crippen LogP contribution < -0.4 is 10.6 Å². The molecule has 116 valence electrons. The highest BCUT2D eigenvalue weighted by Crippen LogP contribution is 2.28. The van der Waals surface area contributed by atoms with E-state index in [4.69, 9.17) is 4.74 Å². The van der Waals surface area contributed by atoms with Gasteiger partial charge in [-0.15, -0.1) is 0 Å². The Morgan fingerprint density at radius 2 is 1.95 bits per heavy atom. The molecule has 0 aromatic heterocycles. The van der Waals surface area contributed by atoms with Crippen molar-refractivity contribution in [2.45, 2.75) is 58.6 Å². The number of carbonyl (C=O) groups excluding carboxylic acids is 1. The molecule has 1 aromatic rings. The van der Waals surface area contributed by atoms with Crippen molar-refractivity contribution in [2.24, 2.45) is 5.92 Å². The van der Waals surface area contributed by atoms with Crippen LogP contribution in [-0.2, 0) is 4.74 Å². The maximum absolute atomic E-state index is 11.8. The van der Waals surface area contributed by atoms with Crippen molar-refractivity contribution in [3.8, 4) is 0 Å². The number of hydrogen-bond acceptors (Lipinski definition) is 3. The molecule has 1 aromatic carbocycles. The molecule has 0 bridgehead atoms. The highest BCUT2D eigenvalue weighted by atomic mass is 16.6. The van der Waals surface area contributed by atoms with Gasteiger partial charge in [0.2, 0.25) is 0 Å². The Morgan fingerprint density at radius 1 is 1.24 bits per heavy atom. The van der Waals surface area contributed by atoms with E-state index in [-0.39, 0.29) is 0 Å². The Kier molecular flexibility index (Phi) is 4.76. The summed E-state index contributed by atoms with van der Waals surface area (Å²) in [7, 11) is 0. The molecule has 21 heavy (non-hydrogen) atoms. The summed E-state index contributed by atoms with van der Waals surface area (Å²) in [5, 5.41) is 6.31. The minimum Gasteiger partial charge on any atom is -0.444 e. The second-order valence-corrected chi connectivity index (χ2v) is 6.97. The molecule has 0 saturated heterocycles. The molecule has 1 saturated carbocycles. The molecule has 1 aliphatic carbocycles. The third-order valence-electron chi connectivity index (χ3n) is 3.57. The first-order chi connectivity index (χ1) is 9.82. The topological polar surface area (TPSA) is 50.4 Å². The number of hydrogen-bond donors (Lipinski definition) is 2. The highest BCUT2D eigenvalue weighted by molar-refractivity contribution is 5.85. The number of nitrogens with one attached hydrogen (secondary N) is 2. The van der Waals surface area contributed by atoms with Gasteiger partial charge in [-0.05, 0) is 64.2 Å². The zero-order valence-electron chi connectivity index (χ0n) is 13.4. The quantitative estimate of drug-likeness (QED) is 0.853. The van der Waals surface area contributed by atoms with Crippen LogP contribution in [0.2, 0.25) is 0 Å². The molecule has 0 heterocycles. The third-order valence-corrected chi connectivity index (χ3v) is 3.57. The van der Waals surface area contributed by atoms with E-state index in [0.29, 0.717) is 6.04 Å². The monoisotopic (exact) mass is 290 g/mol. The second-order valence-electron chi connectivity index (χ2n) is 6.97. The number of benzene rings is 1. The maximum Gasteiger partial charge on any atom is 0.412 e. The van der Waals surface area contributed by atoms with Gasteiger partial charge in [0, 0.05) is 17.4 Å². The van der Waals surface area contributed by atoms with E-state index in [1.165, 1.54) is 19.3 Å². The molecule has 4 nitrogen and oxygen atoms in total. The Morgan fingerprint density at radius 3 is 2.57 bits per heavy atom. The lowest BCUT2D eigenvalue weighted by molar-refractivity contribution is 0.0636. The highest BCUT2D eigenvalue weighted by Gasteiger charge is 2.21. The normalized spacial score (nSPS) is 21.9. The molecule has 0 aliphatic heterocycles. The number of carbonyl (C=O) groups is 1. The van der Waals surface area contributed by atoms with E-state index in [1.54, 1.807) is 0 Å². The lowest BCUT2D eigenvalue weighted by Gasteiger charge is -2.20. The van der Waals surface area contributed by atoms with Crippen LogP contribution in [0.15, 0.2) is 24.3 Å². The van der Waals surface area contributed by atoms with Crippen LogP contribution in [-0.4, -0.2) is 17.7 Å². The molecule has 2 rings (SSSR count). The van der Waals surface area contributed by atoms with Gasteiger partial charge in [-0.25, -0.2) is 4.79 Å². The van der Waals surface area contributed by atoms with Gasteiger partial charge < -0.3 is 10.1 Å². The van der Waals surface area contributed by atoms with Crippen LogP contribution in [0.3, 0.4) is 0 Å². The predicted molar refractivity (Wildman–Crippen MR) is 86.7 cm³/mol. The van der Waals surface area contributed by atoms with Crippen LogP contribution in [0, 0.1) is 5.92 Å². The first-order valence-corrected chi connectivity index (χ1v) is 7.68. The van der Waals surface area contributed by atoms with Crippen molar-refractivity contribution in [2.75, 3.05) is 10.6 Å². The molecule has 0 spiro atoms. The minimum atomic E-state index is -0.486. The summed E-state index contributed by atoms with van der Waals surface area (Å²) in [5.41, 5.74) is 1.31. The summed E-state index contributed by atoms with van der Waals surface area (Å²) in [4.78, 5) is 11.8. The molecule has 1 fully saturated rings. The van der Waals surface area contributed by atoms with Gasteiger partial charge in [-0.3, -0.25) is 5.32 Å². The summed E-state index contributed by atoms with van der Waals surface area (Å²) < 4.78 is 5.26. The van der Waals surface area contributed by atoms with Crippen molar-refractivity contribution < 1.29 is 9.53 Å². The molecule has 0 radical (unpaired) electrons. The van der Waals surface area contributed by atoms with Crippen molar-refractivity contribution in [1.82, 2.24) is 0 Å². The SMILES string of the molecule is CC1CCC(Nc2cccc(NC(=O)OC(C)(C)C)c2)C1. The number of anilines is 2. The molecular formula is C17H26N2O2. The molecule has 1 amide bonds. The first kappa shape index (κ1) is 15.7. The van der Waals surface area contributed by atoms with Crippen LogP contribution in [0.25, 0.3) is 0 Å². The van der Waals surface area contributed by atoms with E-state index >= 15 is 0 Å². The van der Waals surface area contributed by atoms with Crippen molar-refractivity contribution in [3.05, 3.63) is 24.3 Å². The van der Waals surface area contributed by atoms with Crippen molar-refractivity contribution in [1.29, 1.82) is 0 Å². The summed E-state index contributed by atoms with van der Waals surface area (Å²) in [6, 6.07) is 8.33. The lowest BCUT2D eigenvalue weighted by atomic mass is 10.1. The molecule has 2 atom stereocenters. The minimum absolute atomic E-state index is 0.422. The van der Waals surface area contributed by atoms with Crippen LogP contribution in [0.5, 0.6) is 0 Å². The van der Waals surface area contributed by atoms with Crippen molar-refractivity contribution >= 4 is 17.5 Å². The Balaban J connectivity index is 1.93. The average Bonchev–Trinajstić information content (AvgIpc) is 2.72. The summed E-state index contributed by atoms with van der Waals surface area (Å²) >= 11 is 0. The predicted octanol–water partition coefficient (Wildman–Crippen LogP) is 4.63. The van der Waals surface area contributed by atoms with Crippen LogP contribution in [0.4, 0.5) is 16.2 Å². The molecule has 2 unspecified atom stereocenters. The molecule has 4 heteroatoms.